The van der Waals surface area contributed by atoms with Crippen LogP contribution in [0.4, 0.5) is 0 Å². The SMILES string of the molecule is C=C/C=C1/C(=O)C(=O)C2=C(OC3(CCNCC3)CS2)/C1=C/C.CC. The van der Waals surface area contributed by atoms with Gasteiger partial charge >= 0.3 is 0 Å². The van der Waals surface area contributed by atoms with Gasteiger partial charge in [0, 0.05) is 29.7 Å². The van der Waals surface area contributed by atoms with Crippen LogP contribution >= 0.6 is 11.8 Å². The Balaban J connectivity index is 0.00000100. The minimum atomic E-state index is -0.468. The number of carbonyl (C=O) groups excluding carboxylic acids is 2. The van der Waals surface area contributed by atoms with Crippen LogP contribution in [0.3, 0.4) is 0 Å². The Kier molecular flexibility index (Phi) is 6.24. The Labute approximate surface area is 148 Å². The number of thioether (sulfide) groups is 1. The summed E-state index contributed by atoms with van der Waals surface area (Å²) < 4.78 is 6.32. The largest absolute Gasteiger partial charge is 0.484 e. The highest BCUT2D eigenvalue weighted by Gasteiger charge is 2.45. The Hall–Kier alpha value is -1.59. The number of piperidine rings is 1. The summed E-state index contributed by atoms with van der Waals surface area (Å²) in [6.07, 6.45) is 6.80. The molecule has 2 heterocycles. The zero-order valence-corrected chi connectivity index (χ0v) is 15.4. The van der Waals surface area contributed by atoms with Gasteiger partial charge in [0.25, 0.3) is 0 Å². The van der Waals surface area contributed by atoms with Gasteiger partial charge in [0.1, 0.15) is 16.3 Å². The van der Waals surface area contributed by atoms with Crippen LogP contribution in [0.25, 0.3) is 0 Å². The van der Waals surface area contributed by atoms with E-state index < -0.39 is 11.6 Å². The van der Waals surface area contributed by atoms with Crippen LogP contribution in [0.1, 0.15) is 33.6 Å². The van der Waals surface area contributed by atoms with Crippen molar-refractivity contribution in [1.82, 2.24) is 5.32 Å². The maximum Gasteiger partial charge on any atom is 0.243 e. The van der Waals surface area contributed by atoms with Crippen LogP contribution in [-0.4, -0.2) is 36.0 Å². The maximum absolute atomic E-state index is 12.4. The first-order valence-corrected chi connectivity index (χ1v) is 9.46. The van der Waals surface area contributed by atoms with Gasteiger partial charge in [-0.2, -0.15) is 0 Å². The molecule has 0 amide bonds. The molecule has 24 heavy (non-hydrogen) atoms. The van der Waals surface area contributed by atoms with Crippen molar-refractivity contribution in [3.63, 3.8) is 0 Å². The molecule has 0 atom stereocenters. The minimum Gasteiger partial charge on any atom is -0.484 e. The zero-order valence-electron chi connectivity index (χ0n) is 14.6. The molecular formula is C19H25NO3S. The van der Waals surface area contributed by atoms with E-state index >= 15 is 0 Å². The molecule has 1 aliphatic carbocycles. The predicted octanol–water partition coefficient (Wildman–Crippen LogP) is 3.32. The van der Waals surface area contributed by atoms with Gasteiger partial charge in [-0.1, -0.05) is 38.7 Å². The number of allylic oxidation sites excluding steroid dienone is 5. The van der Waals surface area contributed by atoms with Crippen LogP contribution < -0.4 is 5.32 Å². The molecule has 3 rings (SSSR count). The fraction of sp³-hybridized carbons (Fsp3) is 0.474. The molecular weight excluding hydrogens is 322 g/mol. The third kappa shape index (κ3) is 3.28. The maximum atomic E-state index is 12.4. The lowest BCUT2D eigenvalue weighted by molar-refractivity contribution is -0.132. The third-order valence-corrected chi connectivity index (χ3v) is 5.61. The Morgan fingerprint density at radius 3 is 2.42 bits per heavy atom. The highest BCUT2D eigenvalue weighted by atomic mass is 32.2. The topological polar surface area (TPSA) is 55.4 Å². The van der Waals surface area contributed by atoms with Crippen molar-refractivity contribution in [2.45, 2.75) is 39.2 Å². The van der Waals surface area contributed by atoms with E-state index in [4.69, 9.17) is 4.74 Å². The van der Waals surface area contributed by atoms with Crippen molar-refractivity contribution in [2.75, 3.05) is 18.8 Å². The summed E-state index contributed by atoms with van der Waals surface area (Å²) >= 11 is 1.47. The summed E-state index contributed by atoms with van der Waals surface area (Å²) in [7, 11) is 0. The lowest BCUT2D eigenvalue weighted by atomic mass is 9.88. The van der Waals surface area contributed by atoms with Crippen molar-refractivity contribution in [1.29, 1.82) is 0 Å². The first-order valence-electron chi connectivity index (χ1n) is 8.47. The van der Waals surface area contributed by atoms with Gasteiger partial charge in [0.2, 0.25) is 11.6 Å². The lowest BCUT2D eigenvalue weighted by Crippen LogP contribution is -2.48. The average Bonchev–Trinajstić information content (AvgIpc) is 2.62. The first kappa shape index (κ1) is 18.7. The zero-order chi connectivity index (χ0) is 17.7. The molecule has 130 valence electrons. The fourth-order valence-electron chi connectivity index (χ4n) is 3.08. The van der Waals surface area contributed by atoms with Gasteiger partial charge in [-0.3, -0.25) is 9.59 Å². The van der Waals surface area contributed by atoms with E-state index in [1.165, 1.54) is 17.8 Å². The van der Waals surface area contributed by atoms with Gasteiger partial charge in [0.05, 0.1) is 0 Å². The smallest absolute Gasteiger partial charge is 0.243 e. The summed E-state index contributed by atoms with van der Waals surface area (Å²) in [4.78, 5) is 25.1. The summed E-state index contributed by atoms with van der Waals surface area (Å²) in [5, 5.41) is 3.33. The van der Waals surface area contributed by atoms with E-state index in [1.807, 2.05) is 26.8 Å². The molecule has 1 fully saturated rings. The molecule has 0 aromatic carbocycles. The van der Waals surface area contributed by atoms with E-state index in [2.05, 4.69) is 11.9 Å². The summed E-state index contributed by atoms with van der Waals surface area (Å²) in [6.45, 7) is 11.3. The molecule has 3 aliphatic rings. The summed E-state index contributed by atoms with van der Waals surface area (Å²) in [5.41, 5.74) is 0.862. The standard InChI is InChI=1S/C17H19NO3S.C2H6/c1-3-5-12-11(4-2)15-16(14(20)13(12)19)22-10-17(21-15)6-8-18-9-7-17;1-2/h3-5,18H,1,6-10H2,2H3;1-2H3/b11-4+,12-5+;. The Morgan fingerprint density at radius 1 is 1.17 bits per heavy atom. The molecule has 0 saturated carbocycles. The third-order valence-electron chi connectivity index (χ3n) is 4.28. The predicted molar refractivity (Wildman–Crippen MR) is 98.8 cm³/mol. The molecule has 1 spiro atoms. The second kappa shape index (κ2) is 7.99. The van der Waals surface area contributed by atoms with Crippen LogP contribution in [-0.2, 0) is 14.3 Å². The van der Waals surface area contributed by atoms with Crippen molar-refractivity contribution in [3.8, 4) is 0 Å². The molecule has 1 N–H and O–H groups in total. The van der Waals surface area contributed by atoms with Crippen molar-refractivity contribution >= 4 is 23.3 Å². The molecule has 0 bridgehead atoms. The Morgan fingerprint density at radius 2 is 1.83 bits per heavy atom. The number of nitrogens with one attached hydrogen (secondary N) is 1. The van der Waals surface area contributed by atoms with Crippen molar-refractivity contribution < 1.29 is 14.3 Å². The number of ether oxygens (including phenoxy) is 1. The fourth-order valence-corrected chi connectivity index (χ4v) is 4.34. The van der Waals surface area contributed by atoms with E-state index in [1.54, 1.807) is 6.08 Å². The molecule has 0 aromatic rings. The number of Topliss-reactive ketones (excluding diaryl/α,β-unsaturated/α-hetero) is 2. The van der Waals surface area contributed by atoms with E-state index in [-0.39, 0.29) is 5.60 Å². The minimum absolute atomic E-state index is 0.233. The summed E-state index contributed by atoms with van der Waals surface area (Å²) in [6, 6.07) is 0. The molecule has 0 aromatic heterocycles. The van der Waals surface area contributed by atoms with E-state index in [0.717, 1.165) is 31.7 Å². The number of ketones is 2. The van der Waals surface area contributed by atoms with Gasteiger partial charge < -0.3 is 10.1 Å². The van der Waals surface area contributed by atoms with Crippen molar-refractivity contribution in [3.05, 3.63) is 46.6 Å². The second-order valence-corrected chi connectivity index (χ2v) is 6.64. The number of hydrogen-bond donors (Lipinski definition) is 1. The highest BCUT2D eigenvalue weighted by Crippen LogP contribution is 2.46. The van der Waals surface area contributed by atoms with E-state index in [0.29, 0.717) is 21.8 Å². The van der Waals surface area contributed by atoms with Crippen molar-refractivity contribution in [2.24, 2.45) is 0 Å². The van der Waals surface area contributed by atoms with Gasteiger partial charge in [-0.05, 0) is 20.0 Å². The van der Waals surface area contributed by atoms with Crippen LogP contribution in [0, 0.1) is 0 Å². The molecule has 0 radical (unpaired) electrons. The summed E-state index contributed by atoms with van der Waals surface area (Å²) in [5.74, 6) is 0.384. The lowest BCUT2D eigenvalue weighted by Gasteiger charge is -2.43. The van der Waals surface area contributed by atoms with Crippen LogP contribution in [0.5, 0.6) is 0 Å². The van der Waals surface area contributed by atoms with Gasteiger partial charge in [-0.15, -0.1) is 11.8 Å². The van der Waals surface area contributed by atoms with Crippen LogP contribution in [0.15, 0.2) is 46.6 Å². The quantitative estimate of drug-likeness (QED) is 0.582. The van der Waals surface area contributed by atoms with Gasteiger partial charge in [-0.25, -0.2) is 0 Å². The highest BCUT2D eigenvalue weighted by molar-refractivity contribution is 8.04. The van der Waals surface area contributed by atoms with E-state index in [9.17, 15) is 9.59 Å². The molecule has 0 unspecified atom stereocenters. The first-order chi connectivity index (χ1) is 11.6. The second-order valence-electron chi connectivity index (χ2n) is 5.66. The van der Waals surface area contributed by atoms with Gasteiger partial charge in [0.15, 0.2) is 0 Å². The Bertz CT molecular complexity index is 637. The average molecular weight is 347 g/mol. The molecule has 5 heteroatoms. The number of rotatable bonds is 1. The van der Waals surface area contributed by atoms with Crippen LogP contribution in [0.2, 0.25) is 0 Å². The number of hydrogen-bond acceptors (Lipinski definition) is 5. The number of carbonyl (C=O) groups is 2. The normalized spacial score (nSPS) is 26.0. The molecule has 2 aliphatic heterocycles. The monoisotopic (exact) mass is 347 g/mol. The molecule has 1 saturated heterocycles. The molecule has 4 nitrogen and oxygen atoms in total.